The van der Waals surface area contributed by atoms with Crippen molar-refractivity contribution in [1.29, 1.82) is 0 Å². The van der Waals surface area contributed by atoms with Crippen molar-refractivity contribution in [2.75, 3.05) is 44.6 Å². The Labute approximate surface area is 160 Å². The topological polar surface area (TPSA) is 35.6 Å². The molecule has 27 heavy (non-hydrogen) atoms. The van der Waals surface area contributed by atoms with Gasteiger partial charge in [-0.05, 0) is 30.2 Å². The number of piperazine rings is 1. The van der Waals surface area contributed by atoms with Crippen LogP contribution in [0.15, 0.2) is 54.6 Å². The quantitative estimate of drug-likeness (QED) is 0.850. The molecule has 0 unspecified atom stereocenters. The molecule has 1 heterocycles. The lowest BCUT2D eigenvalue weighted by molar-refractivity contribution is -0.117. The number of rotatable bonds is 6. The molecule has 0 atom stereocenters. The first-order chi connectivity index (χ1) is 13.1. The van der Waals surface area contributed by atoms with Gasteiger partial charge in [-0.3, -0.25) is 14.6 Å². The summed E-state index contributed by atoms with van der Waals surface area (Å²) in [6.45, 7) is 6.54. The van der Waals surface area contributed by atoms with Crippen molar-refractivity contribution in [2.45, 2.75) is 6.92 Å². The second-order valence-corrected chi connectivity index (χ2v) is 6.90. The Morgan fingerprint density at radius 1 is 1.07 bits per heavy atom. The molecule has 2 aromatic carbocycles. The SMILES string of the molecule is Cc1ccc(NC(=O)CN2CCN(C/C=C/c3ccccc3)CC2)cc1F. The van der Waals surface area contributed by atoms with Crippen molar-refractivity contribution in [1.82, 2.24) is 9.80 Å². The highest BCUT2D eigenvalue weighted by Crippen LogP contribution is 2.13. The smallest absolute Gasteiger partial charge is 0.238 e. The predicted octanol–water partition coefficient (Wildman–Crippen LogP) is 3.40. The fourth-order valence-corrected chi connectivity index (χ4v) is 3.11. The molecule has 0 aliphatic carbocycles. The van der Waals surface area contributed by atoms with E-state index in [2.05, 4.69) is 39.4 Å². The van der Waals surface area contributed by atoms with Gasteiger partial charge in [0.05, 0.1) is 6.54 Å². The average Bonchev–Trinajstić information content (AvgIpc) is 2.67. The number of hydrogen-bond donors (Lipinski definition) is 1. The molecule has 142 valence electrons. The first kappa shape index (κ1) is 19.3. The minimum atomic E-state index is -0.301. The van der Waals surface area contributed by atoms with Gasteiger partial charge in [-0.2, -0.15) is 0 Å². The number of anilines is 1. The summed E-state index contributed by atoms with van der Waals surface area (Å²) in [6.07, 6.45) is 4.32. The van der Waals surface area contributed by atoms with Crippen LogP contribution in [-0.2, 0) is 4.79 Å². The Kier molecular flexibility index (Phi) is 6.74. The molecule has 1 fully saturated rings. The van der Waals surface area contributed by atoms with Crippen molar-refractivity contribution < 1.29 is 9.18 Å². The first-order valence-electron chi connectivity index (χ1n) is 9.32. The molecular formula is C22H26FN3O. The Balaban J connectivity index is 1.39. The van der Waals surface area contributed by atoms with E-state index in [-0.39, 0.29) is 11.7 Å². The van der Waals surface area contributed by atoms with Crippen LogP contribution >= 0.6 is 0 Å². The largest absolute Gasteiger partial charge is 0.325 e. The molecule has 3 rings (SSSR count). The standard InChI is InChI=1S/C22H26FN3O/c1-18-9-10-20(16-21(18)23)24-22(27)17-26-14-12-25(13-15-26)11-5-8-19-6-3-2-4-7-19/h2-10,16H,11-15,17H2,1H3,(H,24,27)/b8-5+. The molecule has 1 saturated heterocycles. The van der Waals surface area contributed by atoms with Crippen molar-refractivity contribution in [3.63, 3.8) is 0 Å². The summed E-state index contributed by atoms with van der Waals surface area (Å²) in [5, 5.41) is 2.78. The van der Waals surface area contributed by atoms with Crippen molar-refractivity contribution in [3.8, 4) is 0 Å². The van der Waals surface area contributed by atoms with E-state index >= 15 is 0 Å². The monoisotopic (exact) mass is 367 g/mol. The van der Waals surface area contributed by atoms with Crippen LogP contribution in [0.5, 0.6) is 0 Å². The van der Waals surface area contributed by atoms with E-state index in [4.69, 9.17) is 0 Å². The van der Waals surface area contributed by atoms with Crippen LogP contribution in [-0.4, -0.2) is 55.0 Å². The fraction of sp³-hybridized carbons (Fsp3) is 0.318. The van der Waals surface area contributed by atoms with Gasteiger partial charge in [0.15, 0.2) is 0 Å². The minimum Gasteiger partial charge on any atom is -0.325 e. The second kappa shape index (κ2) is 9.44. The highest BCUT2D eigenvalue weighted by atomic mass is 19.1. The highest BCUT2D eigenvalue weighted by molar-refractivity contribution is 5.92. The van der Waals surface area contributed by atoms with Crippen LogP contribution in [0.1, 0.15) is 11.1 Å². The Morgan fingerprint density at radius 3 is 2.48 bits per heavy atom. The van der Waals surface area contributed by atoms with E-state index in [1.807, 2.05) is 18.2 Å². The third-order valence-corrected chi connectivity index (χ3v) is 4.76. The number of benzene rings is 2. The Morgan fingerprint density at radius 2 is 1.78 bits per heavy atom. The van der Waals surface area contributed by atoms with E-state index < -0.39 is 0 Å². The summed E-state index contributed by atoms with van der Waals surface area (Å²) in [6, 6.07) is 15.0. The zero-order valence-electron chi connectivity index (χ0n) is 15.7. The van der Waals surface area contributed by atoms with E-state index in [1.165, 1.54) is 11.6 Å². The number of aryl methyl sites for hydroxylation is 1. The molecule has 1 amide bonds. The maximum Gasteiger partial charge on any atom is 0.238 e. The molecule has 4 nitrogen and oxygen atoms in total. The Bertz CT molecular complexity index is 783. The van der Waals surface area contributed by atoms with E-state index in [9.17, 15) is 9.18 Å². The van der Waals surface area contributed by atoms with Crippen LogP contribution in [0.4, 0.5) is 10.1 Å². The molecule has 5 heteroatoms. The van der Waals surface area contributed by atoms with E-state index in [1.54, 1.807) is 19.1 Å². The number of carbonyl (C=O) groups is 1. The fourth-order valence-electron chi connectivity index (χ4n) is 3.11. The lowest BCUT2D eigenvalue weighted by atomic mass is 10.2. The van der Waals surface area contributed by atoms with Crippen molar-refractivity contribution in [2.24, 2.45) is 0 Å². The van der Waals surface area contributed by atoms with Gasteiger partial charge in [0.25, 0.3) is 0 Å². The zero-order valence-corrected chi connectivity index (χ0v) is 15.7. The number of hydrogen-bond acceptors (Lipinski definition) is 3. The minimum absolute atomic E-state index is 0.101. The van der Waals surface area contributed by atoms with Crippen molar-refractivity contribution in [3.05, 3.63) is 71.6 Å². The van der Waals surface area contributed by atoms with Gasteiger partial charge in [0, 0.05) is 38.4 Å². The predicted molar refractivity (Wildman–Crippen MR) is 108 cm³/mol. The summed E-state index contributed by atoms with van der Waals surface area (Å²) in [5.74, 6) is -0.402. The van der Waals surface area contributed by atoms with Gasteiger partial charge in [-0.25, -0.2) is 4.39 Å². The molecule has 0 spiro atoms. The number of nitrogens with zero attached hydrogens (tertiary/aromatic N) is 2. The number of halogens is 1. The molecule has 1 N–H and O–H groups in total. The third-order valence-electron chi connectivity index (χ3n) is 4.76. The second-order valence-electron chi connectivity index (χ2n) is 6.90. The summed E-state index contributed by atoms with van der Waals surface area (Å²) >= 11 is 0. The first-order valence-corrected chi connectivity index (χ1v) is 9.32. The lowest BCUT2D eigenvalue weighted by Gasteiger charge is -2.33. The normalized spacial score (nSPS) is 15.9. The molecule has 0 radical (unpaired) electrons. The van der Waals surface area contributed by atoms with Crippen LogP contribution < -0.4 is 5.32 Å². The van der Waals surface area contributed by atoms with E-state index in [0.29, 0.717) is 17.8 Å². The zero-order chi connectivity index (χ0) is 19.1. The van der Waals surface area contributed by atoms with Crippen molar-refractivity contribution >= 4 is 17.7 Å². The molecule has 2 aromatic rings. The summed E-state index contributed by atoms with van der Waals surface area (Å²) < 4.78 is 13.6. The van der Waals surface area contributed by atoms with Gasteiger partial charge in [-0.1, -0.05) is 48.6 Å². The average molecular weight is 367 g/mol. The lowest BCUT2D eigenvalue weighted by Crippen LogP contribution is -2.48. The van der Waals surface area contributed by atoms with Gasteiger partial charge in [-0.15, -0.1) is 0 Å². The maximum absolute atomic E-state index is 13.6. The third kappa shape index (κ3) is 6.01. The molecule has 0 saturated carbocycles. The maximum atomic E-state index is 13.6. The number of carbonyl (C=O) groups excluding carboxylic acids is 1. The molecule has 1 aliphatic heterocycles. The Hall–Kier alpha value is -2.50. The highest BCUT2D eigenvalue weighted by Gasteiger charge is 2.18. The van der Waals surface area contributed by atoms with Crippen LogP contribution in [0.3, 0.4) is 0 Å². The van der Waals surface area contributed by atoms with Gasteiger partial charge in [0.2, 0.25) is 5.91 Å². The molecule has 0 aromatic heterocycles. The molecular weight excluding hydrogens is 341 g/mol. The van der Waals surface area contributed by atoms with Gasteiger partial charge < -0.3 is 5.32 Å². The summed E-state index contributed by atoms with van der Waals surface area (Å²) in [4.78, 5) is 16.7. The summed E-state index contributed by atoms with van der Waals surface area (Å²) in [7, 11) is 0. The van der Waals surface area contributed by atoms with Crippen LogP contribution in [0.2, 0.25) is 0 Å². The van der Waals surface area contributed by atoms with Crippen LogP contribution in [0, 0.1) is 12.7 Å². The van der Waals surface area contributed by atoms with Gasteiger partial charge >= 0.3 is 0 Å². The number of amides is 1. The summed E-state index contributed by atoms with van der Waals surface area (Å²) in [5.41, 5.74) is 2.29. The van der Waals surface area contributed by atoms with Crippen LogP contribution in [0.25, 0.3) is 6.08 Å². The number of nitrogens with one attached hydrogen (secondary N) is 1. The molecule has 0 bridgehead atoms. The van der Waals surface area contributed by atoms with E-state index in [0.717, 1.165) is 32.7 Å². The molecule has 1 aliphatic rings. The van der Waals surface area contributed by atoms with Gasteiger partial charge in [0.1, 0.15) is 5.82 Å².